The Morgan fingerprint density at radius 1 is 0.884 bits per heavy atom. The molecule has 12 heteroatoms. The Kier molecular flexibility index (Phi) is 10.3. The molecule has 4 aliphatic rings. The highest BCUT2D eigenvalue weighted by Crippen LogP contribution is 2.33. The van der Waals surface area contributed by atoms with Gasteiger partial charge >= 0.3 is 0 Å². The first-order chi connectivity index (χ1) is 20.7. The molecule has 2 aromatic carbocycles. The van der Waals surface area contributed by atoms with Crippen molar-refractivity contribution in [1.82, 2.24) is 0 Å². The maximum atomic E-state index is 12.6. The van der Waals surface area contributed by atoms with Crippen molar-refractivity contribution < 1.29 is 59.1 Å². The summed E-state index contributed by atoms with van der Waals surface area (Å²) in [5.41, 5.74) is 0.226. The Balaban J connectivity index is 1.21. The van der Waals surface area contributed by atoms with Crippen molar-refractivity contribution in [2.24, 2.45) is 0 Å². The number of fused-ring (bicyclic) bond motifs is 8. The van der Waals surface area contributed by atoms with E-state index in [0.717, 1.165) is 31.2 Å². The molecule has 6 N–H and O–H groups in total. The van der Waals surface area contributed by atoms with E-state index >= 15 is 0 Å². The van der Waals surface area contributed by atoms with Crippen LogP contribution >= 0.6 is 0 Å². The molecule has 2 saturated heterocycles. The summed E-state index contributed by atoms with van der Waals surface area (Å²) in [6, 6.07) is 13.0. The summed E-state index contributed by atoms with van der Waals surface area (Å²) >= 11 is 0. The first-order valence-electron chi connectivity index (χ1n) is 14.7. The second kappa shape index (κ2) is 14.0. The van der Waals surface area contributed by atoms with Crippen LogP contribution in [0.25, 0.3) is 0 Å². The standard InChI is InChI=1S/C31H40O12/c32-16-31(38)17-41-30(29(31)37)40-15-25-27(35)28(36)26(34)24(43-25)14-39-20-4-2-1-3-18-5-10-21(11-6-18)42-23-13-19(7-9-20)8-12-22(23)33/h5-6,8,10-13,20,24-27,29-30,32-35,37-38H,1-4,7,9,14-17H2/t20-,24-,25+,26-,27+,29-,30+,31+/m0/s1. The number of ether oxygens (including phenoxy) is 5. The third-order valence-electron chi connectivity index (χ3n) is 8.31. The van der Waals surface area contributed by atoms with Crippen LogP contribution in [0.3, 0.4) is 0 Å². The van der Waals surface area contributed by atoms with Crippen molar-refractivity contribution in [3.05, 3.63) is 53.6 Å². The smallest absolute Gasteiger partial charge is 0.195 e. The van der Waals surface area contributed by atoms with Crippen LogP contribution in [0, 0.1) is 0 Å². The number of carbonyl (C=O) groups is 1. The number of Topliss-reactive ketones (excluding diaryl/α,β-unsaturated/α-hetero) is 1. The van der Waals surface area contributed by atoms with Gasteiger partial charge in [-0.05, 0) is 67.5 Å². The summed E-state index contributed by atoms with van der Waals surface area (Å²) in [6.07, 6.45) is -3.94. The van der Waals surface area contributed by atoms with Crippen LogP contribution < -0.4 is 4.74 Å². The largest absolute Gasteiger partial charge is 0.504 e. The number of benzene rings is 2. The van der Waals surface area contributed by atoms with Crippen molar-refractivity contribution in [3.63, 3.8) is 0 Å². The van der Waals surface area contributed by atoms with Crippen molar-refractivity contribution in [2.45, 2.75) is 87.0 Å². The molecule has 6 rings (SSSR count). The number of aliphatic hydroxyl groups is 5. The summed E-state index contributed by atoms with van der Waals surface area (Å²) < 4.78 is 28.6. The summed E-state index contributed by atoms with van der Waals surface area (Å²) in [6.45, 7) is -1.59. The Hall–Kier alpha value is -2.65. The molecular weight excluding hydrogens is 564 g/mol. The molecule has 8 atom stereocenters. The zero-order valence-corrected chi connectivity index (χ0v) is 23.8. The summed E-state index contributed by atoms with van der Waals surface area (Å²) in [4.78, 5) is 12.6. The predicted molar refractivity (Wildman–Crippen MR) is 150 cm³/mol. The monoisotopic (exact) mass is 604 g/mol. The predicted octanol–water partition coefficient (Wildman–Crippen LogP) is 0.744. The van der Waals surface area contributed by atoms with Crippen LogP contribution in [0.5, 0.6) is 17.2 Å². The Morgan fingerprint density at radius 2 is 1.58 bits per heavy atom. The van der Waals surface area contributed by atoms with Crippen LogP contribution in [-0.4, -0.2) is 111 Å². The average Bonchev–Trinajstić information content (AvgIpc) is 3.30. The first-order valence-corrected chi connectivity index (χ1v) is 14.7. The van der Waals surface area contributed by atoms with Crippen molar-refractivity contribution in [1.29, 1.82) is 0 Å². The van der Waals surface area contributed by atoms with Crippen molar-refractivity contribution in [3.8, 4) is 17.2 Å². The van der Waals surface area contributed by atoms with Gasteiger partial charge in [-0.2, -0.15) is 0 Å². The highest BCUT2D eigenvalue weighted by Gasteiger charge is 2.50. The molecular formula is C31H40O12. The molecule has 0 aliphatic carbocycles. The number of aliphatic hydroxyl groups excluding tert-OH is 4. The van der Waals surface area contributed by atoms with Gasteiger partial charge in [-0.3, -0.25) is 4.79 Å². The number of rotatable bonds is 7. The molecule has 2 fully saturated rings. The summed E-state index contributed by atoms with van der Waals surface area (Å²) in [7, 11) is 0. The number of aromatic hydroxyl groups is 1. The second-order valence-electron chi connectivity index (χ2n) is 11.5. The molecule has 2 aromatic rings. The van der Waals surface area contributed by atoms with Crippen LogP contribution in [0.1, 0.15) is 36.8 Å². The lowest BCUT2D eigenvalue weighted by molar-refractivity contribution is -0.224. The van der Waals surface area contributed by atoms with Gasteiger partial charge in [-0.15, -0.1) is 0 Å². The van der Waals surface area contributed by atoms with Gasteiger partial charge in [0, 0.05) is 0 Å². The topological polar surface area (TPSA) is 185 Å². The zero-order chi connectivity index (χ0) is 30.6. The number of carbonyl (C=O) groups excluding carboxylic acids is 1. The van der Waals surface area contributed by atoms with Crippen LogP contribution in [-0.2, 0) is 36.6 Å². The molecule has 0 amide bonds. The molecule has 0 unspecified atom stereocenters. The zero-order valence-electron chi connectivity index (χ0n) is 23.8. The van der Waals surface area contributed by atoms with Gasteiger partial charge in [0.1, 0.15) is 41.9 Å². The fourth-order valence-corrected chi connectivity index (χ4v) is 5.52. The van der Waals surface area contributed by atoms with Gasteiger partial charge in [-0.1, -0.05) is 24.6 Å². The molecule has 0 saturated carbocycles. The maximum absolute atomic E-state index is 12.6. The van der Waals surface area contributed by atoms with Gasteiger partial charge in [0.15, 0.2) is 23.6 Å². The number of phenolic OH excluding ortho intramolecular Hbond substituents is 1. The molecule has 0 radical (unpaired) electrons. The lowest BCUT2D eigenvalue weighted by Crippen LogP contribution is -2.58. The van der Waals surface area contributed by atoms with E-state index in [9.17, 15) is 35.4 Å². The molecule has 0 aromatic heterocycles. The molecule has 4 heterocycles. The quantitative estimate of drug-likeness (QED) is 0.261. The molecule has 12 nitrogen and oxygen atoms in total. The van der Waals surface area contributed by atoms with Crippen LogP contribution in [0.4, 0.5) is 0 Å². The van der Waals surface area contributed by atoms with E-state index in [1.165, 1.54) is 5.56 Å². The lowest BCUT2D eigenvalue weighted by Gasteiger charge is -2.37. The Morgan fingerprint density at radius 3 is 2.28 bits per heavy atom. The molecule has 43 heavy (non-hydrogen) atoms. The number of hydrogen-bond acceptors (Lipinski definition) is 12. The van der Waals surface area contributed by atoms with Crippen molar-refractivity contribution in [2.75, 3.05) is 26.4 Å². The van der Waals surface area contributed by atoms with Gasteiger partial charge < -0.3 is 54.3 Å². The van der Waals surface area contributed by atoms with E-state index in [1.807, 2.05) is 30.3 Å². The minimum atomic E-state index is -1.89. The lowest BCUT2D eigenvalue weighted by atomic mass is 9.97. The van der Waals surface area contributed by atoms with Crippen LogP contribution in [0.2, 0.25) is 0 Å². The van der Waals surface area contributed by atoms with Gasteiger partial charge in [0.2, 0.25) is 0 Å². The number of hydrogen-bond donors (Lipinski definition) is 6. The van der Waals surface area contributed by atoms with E-state index in [2.05, 4.69) is 0 Å². The van der Waals surface area contributed by atoms with E-state index in [-0.39, 0.29) is 31.7 Å². The molecule has 4 bridgehead atoms. The second-order valence-corrected chi connectivity index (χ2v) is 11.5. The number of phenols is 1. The molecule has 236 valence electrons. The third kappa shape index (κ3) is 7.54. The minimum absolute atomic E-state index is 0.0388. The normalized spacial score (nSPS) is 33.5. The van der Waals surface area contributed by atoms with E-state index in [4.69, 9.17) is 23.7 Å². The van der Waals surface area contributed by atoms with Gasteiger partial charge in [-0.25, -0.2) is 0 Å². The summed E-state index contributed by atoms with van der Waals surface area (Å²) in [5.74, 6) is 0.202. The SMILES string of the molecule is O=C1[C@@H](O)[C@H](CO[C@H]2CCCCc3ccc(cc3)Oc3cc(ccc3O)CC2)O[C@H](CO[C@@H]2OC[C@](O)(CO)[C@H]2O)[C@H]1O. The fraction of sp³-hybridized carbons (Fsp3) is 0.581. The van der Waals surface area contributed by atoms with Crippen LogP contribution in [0.15, 0.2) is 42.5 Å². The first kappa shape index (κ1) is 31.8. The number of aryl methyl sites for hydroxylation is 2. The molecule has 0 spiro atoms. The van der Waals surface area contributed by atoms with E-state index < -0.39 is 54.8 Å². The van der Waals surface area contributed by atoms with E-state index in [1.54, 1.807) is 12.1 Å². The summed E-state index contributed by atoms with van der Waals surface area (Å²) in [5, 5.41) is 60.9. The average molecular weight is 605 g/mol. The van der Waals surface area contributed by atoms with Gasteiger partial charge in [0.25, 0.3) is 0 Å². The maximum Gasteiger partial charge on any atom is 0.195 e. The molecule has 4 aliphatic heterocycles. The third-order valence-corrected chi connectivity index (χ3v) is 8.31. The Bertz CT molecular complexity index is 1220. The highest BCUT2D eigenvalue weighted by atomic mass is 16.7. The fourth-order valence-electron chi connectivity index (χ4n) is 5.52. The minimum Gasteiger partial charge on any atom is -0.504 e. The van der Waals surface area contributed by atoms with E-state index in [0.29, 0.717) is 24.3 Å². The Labute approximate surface area is 249 Å². The highest BCUT2D eigenvalue weighted by molar-refractivity contribution is 5.88. The van der Waals surface area contributed by atoms with Crippen molar-refractivity contribution >= 4 is 5.78 Å². The van der Waals surface area contributed by atoms with Gasteiger partial charge in [0.05, 0.1) is 32.5 Å². The number of ketones is 1.